The Morgan fingerprint density at radius 1 is 1.23 bits per heavy atom. The van der Waals surface area contributed by atoms with E-state index < -0.39 is 0 Å². The van der Waals surface area contributed by atoms with Gasteiger partial charge in [0.25, 0.3) is 0 Å². The van der Waals surface area contributed by atoms with Crippen LogP contribution in [0.2, 0.25) is 5.15 Å². The molecule has 1 aromatic carbocycles. The number of anilines is 2. The second-order valence-corrected chi connectivity index (χ2v) is 5.93. The third-order valence-corrected chi connectivity index (χ3v) is 4.10. The predicted molar refractivity (Wildman–Crippen MR) is 89.0 cm³/mol. The number of carbonyl (C=O) groups is 1. The minimum absolute atomic E-state index is 0.136. The van der Waals surface area contributed by atoms with Crippen molar-refractivity contribution in [3.8, 4) is 0 Å². The number of nitrogens with one attached hydrogen (secondary N) is 2. The number of carbonyl (C=O) groups excluding carboxylic acids is 1. The van der Waals surface area contributed by atoms with Crippen LogP contribution in [0.3, 0.4) is 0 Å². The van der Waals surface area contributed by atoms with Crippen molar-refractivity contribution in [3.05, 3.63) is 53.3 Å². The molecule has 0 saturated heterocycles. The molecule has 2 N–H and O–H groups in total. The zero-order valence-corrected chi connectivity index (χ0v) is 12.9. The average Bonchev–Trinajstić information content (AvgIpc) is 2.44. The highest BCUT2D eigenvalue weighted by Crippen LogP contribution is 2.27. The topological polar surface area (TPSA) is 54.0 Å². The van der Waals surface area contributed by atoms with Crippen molar-refractivity contribution in [1.29, 1.82) is 0 Å². The minimum Gasteiger partial charge on any atom is -0.381 e. The molecule has 0 radical (unpaired) electrons. The van der Waals surface area contributed by atoms with E-state index in [4.69, 9.17) is 11.6 Å². The summed E-state index contributed by atoms with van der Waals surface area (Å²) >= 11 is 5.86. The Morgan fingerprint density at radius 2 is 2.09 bits per heavy atom. The predicted octanol–water partition coefficient (Wildman–Crippen LogP) is 4.09. The molecule has 0 spiro atoms. The van der Waals surface area contributed by atoms with Crippen LogP contribution in [0.25, 0.3) is 0 Å². The van der Waals surface area contributed by atoms with E-state index in [0.29, 0.717) is 11.7 Å². The summed E-state index contributed by atoms with van der Waals surface area (Å²) in [7, 11) is 0. The summed E-state index contributed by atoms with van der Waals surface area (Å²) in [6, 6.07) is 11.5. The lowest BCUT2D eigenvalue weighted by Crippen LogP contribution is -2.28. The summed E-state index contributed by atoms with van der Waals surface area (Å²) in [5.41, 5.74) is 2.87. The molecule has 2 aromatic rings. The van der Waals surface area contributed by atoms with Gasteiger partial charge in [-0.2, -0.15) is 0 Å². The van der Waals surface area contributed by atoms with Crippen LogP contribution < -0.4 is 10.6 Å². The number of benzene rings is 1. The Bertz CT molecular complexity index is 670. The third kappa shape index (κ3) is 3.77. The molecule has 0 unspecified atom stereocenters. The van der Waals surface area contributed by atoms with Crippen molar-refractivity contribution >= 4 is 28.9 Å². The van der Waals surface area contributed by atoms with E-state index in [1.807, 2.05) is 30.3 Å². The van der Waals surface area contributed by atoms with Gasteiger partial charge in [-0.15, -0.1) is 0 Å². The van der Waals surface area contributed by atoms with Gasteiger partial charge in [0.05, 0.1) is 0 Å². The number of nitrogens with zero attached hydrogens (tertiary/aromatic N) is 1. The molecule has 1 aromatic heterocycles. The summed E-state index contributed by atoms with van der Waals surface area (Å²) in [5.74, 6) is 0.331. The zero-order chi connectivity index (χ0) is 15.4. The largest absolute Gasteiger partial charge is 0.381 e. The lowest BCUT2D eigenvalue weighted by atomic mass is 9.85. The molecule has 0 atom stereocenters. The van der Waals surface area contributed by atoms with Gasteiger partial charge in [0, 0.05) is 30.0 Å². The van der Waals surface area contributed by atoms with Gasteiger partial charge in [-0.1, -0.05) is 30.2 Å². The first-order valence-electron chi connectivity index (χ1n) is 7.46. The monoisotopic (exact) mass is 315 g/mol. The standard InChI is InChI=1S/C17H18ClN3O/c18-16-10-14(7-8-19-16)20-11-12-3-1-6-15(9-12)21-17(22)13-4-2-5-13/h1,3,6-10,13H,2,4-5,11H2,(H,19,20)(H,21,22). The van der Waals surface area contributed by atoms with E-state index in [2.05, 4.69) is 15.6 Å². The molecule has 1 saturated carbocycles. The number of halogens is 1. The van der Waals surface area contributed by atoms with Crippen LogP contribution in [-0.2, 0) is 11.3 Å². The molecule has 0 bridgehead atoms. The van der Waals surface area contributed by atoms with Gasteiger partial charge in [0.1, 0.15) is 5.15 Å². The van der Waals surface area contributed by atoms with Crippen LogP contribution in [0, 0.1) is 5.92 Å². The molecule has 1 aliphatic carbocycles. The summed E-state index contributed by atoms with van der Waals surface area (Å²) in [6.07, 6.45) is 4.85. The van der Waals surface area contributed by atoms with E-state index >= 15 is 0 Å². The fraction of sp³-hybridized carbons (Fsp3) is 0.294. The van der Waals surface area contributed by atoms with Gasteiger partial charge < -0.3 is 10.6 Å². The van der Waals surface area contributed by atoms with Crippen LogP contribution in [0.4, 0.5) is 11.4 Å². The van der Waals surface area contributed by atoms with Crippen molar-refractivity contribution < 1.29 is 4.79 Å². The van der Waals surface area contributed by atoms with Crippen LogP contribution in [0.15, 0.2) is 42.6 Å². The molecule has 0 aliphatic heterocycles. The van der Waals surface area contributed by atoms with Crippen molar-refractivity contribution in [2.24, 2.45) is 5.92 Å². The fourth-order valence-electron chi connectivity index (χ4n) is 2.39. The average molecular weight is 316 g/mol. The second-order valence-electron chi connectivity index (χ2n) is 5.54. The van der Waals surface area contributed by atoms with Crippen LogP contribution in [0.1, 0.15) is 24.8 Å². The van der Waals surface area contributed by atoms with Crippen molar-refractivity contribution in [3.63, 3.8) is 0 Å². The Kier molecular flexibility index (Phi) is 4.59. The number of hydrogen-bond donors (Lipinski definition) is 2. The van der Waals surface area contributed by atoms with Gasteiger partial charge in [0.15, 0.2) is 0 Å². The molecule has 114 valence electrons. The third-order valence-electron chi connectivity index (χ3n) is 3.89. The molecule has 22 heavy (non-hydrogen) atoms. The summed E-state index contributed by atoms with van der Waals surface area (Å²) in [5, 5.41) is 6.75. The van der Waals surface area contributed by atoms with E-state index in [0.717, 1.165) is 36.2 Å². The zero-order valence-electron chi connectivity index (χ0n) is 12.2. The molecule has 1 aliphatic rings. The molecular formula is C17H18ClN3O. The van der Waals surface area contributed by atoms with Crippen LogP contribution in [0.5, 0.6) is 0 Å². The molecule has 3 rings (SSSR count). The Hall–Kier alpha value is -2.07. The Morgan fingerprint density at radius 3 is 2.82 bits per heavy atom. The van der Waals surface area contributed by atoms with Crippen LogP contribution >= 0.6 is 11.6 Å². The smallest absolute Gasteiger partial charge is 0.227 e. The van der Waals surface area contributed by atoms with E-state index in [-0.39, 0.29) is 11.8 Å². The summed E-state index contributed by atoms with van der Waals surface area (Å²) < 4.78 is 0. The normalized spacial score (nSPS) is 14.2. The Balaban J connectivity index is 1.59. The highest BCUT2D eigenvalue weighted by Gasteiger charge is 2.25. The highest BCUT2D eigenvalue weighted by atomic mass is 35.5. The minimum atomic E-state index is 0.136. The SMILES string of the molecule is O=C(Nc1cccc(CNc2ccnc(Cl)c2)c1)C1CCC1. The maximum absolute atomic E-state index is 12.0. The molecular weight excluding hydrogens is 298 g/mol. The maximum Gasteiger partial charge on any atom is 0.227 e. The van der Waals surface area contributed by atoms with E-state index in [1.165, 1.54) is 0 Å². The van der Waals surface area contributed by atoms with E-state index in [1.54, 1.807) is 12.3 Å². The number of hydrogen-bond acceptors (Lipinski definition) is 3. The van der Waals surface area contributed by atoms with Gasteiger partial charge >= 0.3 is 0 Å². The molecule has 1 heterocycles. The lowest BCUT2D eigenvalue weighted by Gasteiger charge is -2.24. The maximum atomic E-state index is 12.0. The fourth-order valence-corrected chi connectivity index (χ4v) is 2.56. The second kappa shape index (κ2) is 6.79. The highest BCUT2D eigenvalue weighted by molar-refractivity contribution is 6.29. The molecule has 1 fully saturated rings. The van der Waals surface area contributed by atoms with Crippen molar-refractivity contribution in [2.45, 2.75) is 25.8 Å². The summed E-state index contributed by atoms with van der Waals surface area (Å²) in [4.78, 5) is 15.9. The van der Waals surface area contributed by atoms with Crippen LogP contribution in [-0.4, -0.2) is 10.9 Å². The lowest BCUT2D eigenvalue weighted by molar-refractivity contribution is -0.122. The molecule has 1 amide bonds. The van der Waals surface area contributed by atoms with Gasteiger partial charge in [-0.25, -0.2) is 4.98 Å². The number of amides is 1. The quantitative estimate of drug-likeness (QED) is 0.817. The first-order valence-corrected chi connectivity index (χ1v) is 7.84. The van der Waals surface area contributed by atoms with Gasteiger partial charge in [-0.3, -0.25) is 4.79 Å². The molecule has 5 heteroatoms. The number of aromatic nitrogens is 1. The Labute approximate surface area is 134 Å². The van der Waals surface area contributed by atoms with Gasteiger partial charge in [0.2, 0.25) is 5.91 Å². The van der Waals surface area contributed by atoms with Crippen molar-refractivity contribution in [2.75, 3.05) is 10.6 Å². The first kappa shape index (κ1) is 14.9. The van der Waals surface area contributed by atoms with Crippen molar-refractivity contribution in [1.82, 2.24) is 4.98 Å². The number of pyridine rings is 1. The molecule has 4 nitrogen and oxygen atoms in total. The van der Waals surface area contributed by atoms with Gasteiger partial charge in [-0.05, 0) is 42.7 Å². The number of rotatable bonds is 5. The summed E-state index contributed by atoms with van der Waals surface area (Å²) in [6.45, 7) is 0.660. The first-order chi connectivity index (χ1) is 10.7. The van der Waals surface area contributed by atoms with E-state index in [9.17, 15) is 4.79 Å².